The van der Waals surface area contributed by atoms with Gasteiger partial charge < -0.3 is 19.7 Å². The van der Waals surface area contributed by atoms with Crippen LogP contribution in [0.4, 0.5) is 5.69 Å². The molecule has 2 aromatic carbocycles. The molecule has 0 aromatic heterocycles. The molecule has 2 heterocycles. The van der Waals surface area contributed by atoms with Gasteiger partial charge in [0, 0.05) is 24.3 Å². The predicted molar refractivity (Wildman–Crippen MR) is 110 cm³/mol. The van der Waals surface area contributed by atoms with Crippen molar-refractivity contribution in [2.24, 2.45) is 5.92 Å². The van der Waals surface area contributed by atoms with E-state index in [9.17, 15) is 4.79 Å². The lowest BCUT2D eigenvalue weighted by molar-refractivity contribution is 0.0938. The lowest BCUT2D eigenvalue weighted by Crippen LogP contribution is -2.34. The number of piperidine rings is 1. The summed E-state index contributed by atoms with van der Waals surface area (Å²) in [4.78, 5) is 15.1. The molecule has 0 saturated carbocycles. The van der Waals surface area contributed by atoms with E-state index in [0.717, 1.165) is 24.6 Å². The van der Waals surface area contributed by atoms with Gasteiger partial charge in [0.2, 0.25) is 0 Å². The molecule has 0 aliphatic carbocycles. The first kappa shape index (κ1) is 18.7. The zero-order chi connectivity index (χ0) is 19.5. The average Bonchev–Trinajstić information content (AvgIpc) is 2.73. The number of carbonyl (C=O) groups is 1. The van der Waals surface area contributed by atoms with Crippen LogP contribution >= 0.6 is 0 Å². The summed E-state index contributed by atoms with van der Waals surface area (Å²) in [6.07, 6.45) is 2.57. The average molecular weight is 380 g/mol. The minimum Gasteiger partial charge on any atom is -0.486 e. The van der Waals surface area contributed by atoms with Crippen molar-refractivity contribution in [2.75, 3.05) is 31.2 Å². The Kier molecular flexibility index (Phi) is 5.42. The number of rotatable bonds is 4. The molecule has 0 unspecified atom stereocenters. The minimum atomic E-state index is -0.113. The van der Waals surface area contributed by atoms with Gasteiger partial charge in [0.05, 0.1) is 6.04 Å². The van der Waals surface area contributed by atoms with Crippen LogP contribution in [0, 0.1) is 5.92 Å². The molecule has 148 valence electrons. The number of carbonyl (C=O) groups excluding carboxylic acids is 1. The molecular formula is C23H28N2O3. The van der Waals surface area contributed by atoms with Gasteiger partial charge in [0.1, 0.15) is 13.2 Å². The zero-order valence-electron chi connectivity index (χ0n) is 16.6. The molecule has 5 nitrogen and oxygen atoms in total. The van der Waals surface area contributed by atoms with E-state index in [4.69, 9.17) is 9.47 Å². The van der Waals surface area contributed by atoms with Gasteiger partial charge in [0.15, 0.2) is 11.5 Å². The maximum Gasteiger partial charge on any atom is 0.251 e. The first-order chi connectivity index (χ1) is 13.6. The molecular weight excluding hydrogens is 352 g/mol. The van der Waals surface area contributed by atoms with Gasteiger partial charge in [0.25, 0.3) is 5.91 Å². The largest absolute Gasteiger partial charge is 0.486 e. The highest BCUT2D eigenvalue weighted by Crippen LogP contribution is 2.31. The fourth-order valence-electron chi connectivity index (χ4n) is 3.95. The Bertz CT molecular complexity index is 834. The quantitative estimate of drug-likeness (QED) is 0.864. The van der Waals surface area contributed by atoms with Gasteiger partial charge in [-0.3, -0.25) is 4.79 Å². The second kappa shape index (κ2) is 8.13. The Hall–Kier alpha value is -2.69. The molecule has 2 aliphatic rings. The van der Waals surface area contributed by atoms with Crippen LogP contribution in [0.5, 0.6) is 11.5 Å². The maximum atomic E-state index is 12.6. The molecule has 2 aliphatic heterocycles. The second-order valence-corrected chi connectivity index (χ2v) is 7.84. The highest BCUT2D eigenvalue weighted by Gasteiger charge is 2.18. The van der Waals surface area contributed by atoms with Crippen LogP contribution < -0.4 is 19.7 Å². The Labute approximate surface area is 166 Å². The molecule has 1 amide bonds. The normalized spacial score (nSPS) is 19.8. The Balaban J connectivity index is 1.40. The number of benzene rings is 2. The summed E-state index contributed by atoms with van der Waals surface area (Å²) in [5.41, 5.74) is 2.94. The van der Waals surface area contributed by atoms with E-state index in [1.54, 1.807) is 18.2 Å². The van der Waals surface area contributed by atoms with Gasteiger partial charge in [-0.05, 0) is 61.6 Å². The van der Waals surface area contributed by atoms with Gasteiger partial charge in [-0.25, -0.2) is 0 Å². The monoisotopic (exact) mass is 380 g/mol. The Morgan fingerprint density at radius 1 is 1.11 bits per heavy atom. The van der Waals surface area contributed by atoms with Crippen molar-refractivity contribution in [2.45, 2.75) is 32.7 Å². The summed E-state index contributed by atoms with van der Waals surface area (Å²) in [6, 6.07) is 13.8. The predicted octanol–water partition coefficient (Wildman–Crippen LogP) is 4.19. The molecule has 0 radical (unpaired) electrons. The van der Waals surface area contributed by atoms with E-state index in [1.807, 2.05) is 6.92 Å². The molecule has 1 fully saturated rings. The van der Waals surface area contributed by atoms with Gasteiger partial charge in [-0.15, -0.1) is 0 Å². The summed E-state index contributed by atoms with van der Waals surface area (Å²) < 4.78 is 11.1. The van der Waals surface area contributed by atoms with Gasteiger partial charge in [-0.1, -0.05) is 19.1 Å². The molecule has 2 aromatic rings. The minimum absolute atomic E-state index is 0.0740. The summed E-state index contributed by atoms with van der Waals surface area (Å²) >= 11 is 0. The number of anilines is 1. The van der Waals surface area contributed by atoms with Crippen LogP contribution in [0.25, 0.3) is 0 Å². The highest BCUT2D eigenvalue weighted by atomic mass is 16.6. The third-order valence-electron chi connectivity index (χ3n) is 5.57. The summed E-state index contributed by atoms with van der Waals surface area (Å²) in [6.45, 7) is 7.62. The molecule has 1 N–H and O–H groups in total. The van der Waals surface area contributed by atoms with Crippen LogP contribution in [0.15, 0.2) is 42.5 Å². The number of amides is 1. The Morgan fingerprint density at radius 2 is 1.86 bits per heavy atom. The maximum absolute atomic E-state index is 12.6. The van der Waals surface area contributed by atoms with Crippen molar-refractivity contribution in [3.63, 3.8) is 0 Å². The fraction of sp³-hybridized carbons (Fsp3) is 0.435. The Morgan fingerprint density at radius 3 is 2.61 bits per heavy atom. The molecule has 0 spiro atoms. The lowest BCUT2D eigenvalue weighted by atomic mass is 9.99. The van der Waals surface area contributed by atoms with Crippen LogP contribution in [0.3, 0.4) is 0 Å². The molecule has 5 heteroatoms. The molecule has 4 rings (SSSR count). The number of nitrogens with one attached hydrogen (secondary N) is 1. The highest BCUT2D eigenvalue weighted by molar-refractivity contribution is 5.95. The second-order valence-electron chi connectivity index (χ2n) is 7.84. The van der Waals surface area contributed by atoms with Crippen LogP contribution in [0.1, 0.15) is 48.7 Å². The van der Waals surface area contributed by atoms with Crippen molar-refractivity contribution < 1.29 is 14.3 Å². The molecule has 28 heavy (non-hydrogen) atoms. The van der Waals surface area contributed by atoms with Gasteiger partial charge in [-0.2, -0.15) is 0 Å². The van der Waals surface area contributed by atoms with Crippen molar-refractivity contribution in [1.29, 1.82) is 0 Å². The number of ether oxygens (including phenoxy) is 2. The molecule has 1 saturated heterocycles. The van der Waals surface area contributed by atoms with E-state index in [2.05, 4.69) is 41.4 Å². The number of hydrogen-bond donors (Lipinski definition) is 1. The van der Waals surface area contributed by atoms with Crippen LogP contribution in [0.2, 0.25) is 0 Å². The standard InChI is InChI=1S/C23H28N2O3/c1-16-4-3-11-25(15-16)20-8-5-18(6-9-20)17(2)24-23(26)19-7-10-21-22(14-19)28-13-12-27-21/h5-10,14,16-17H,3-4,11-13,15H2,1-2H3,(H,24,26)/t16-,17-/m1/s1. The molecule has 2 atom stereocenters. The lowest BCUT2D eigenvalue weighted by Gasteiger charge is -2.33. The van der Waals surface area contributed by atoms with E-state index in [1.165, 1.54) is 18.5 Å². The number of nitrogens with zero attached hydrogens (tertiary/aromatic N) is 1. The third kappa shape index (κ3) is 4.08. The van der Waals surface area contributed by atoms with E-state index < -0.39 is 0 Å². The van der Waals surface area contributed by atoms with Crippen molar-refractivity contribution in [3.8, 4) is 11.5 Å². The van der Waals surface area contributed by atoms with Crippen LogP contribution in [-0.2, 0) is 0 Å². The SMILES string of the molecule is C[C@@H]1CCCN(c2ccc([C@@H](C)NC(=O)c3ccc4c(c3)OCCO4)cc2)C1. The summed E-state index contributed by atoms with van der Waals surface area (Å²) in [7, 11) is 0. The van der Waals surface area contributed by atoms with Crippen molar-refractivity contribution in [3.05, 3.63) is 53.6 Å². The van der Waals surface area contributed by atoms with Crippen molar-refractivity contribution >= 4 is 11.6 Å². The summed E-state index contributed by atoms with van der Waals surface area (Å²) in [5.74, 6) is 1.96. The number of hydrogen-bond acceptors (Lipinski definition) is 4. The van der Waals surface area contributed by atoms with Crippen LogP contribution in [-0.4, -0.2) is 32.2 Å². The van der Waals surface area contributed by atoms with E-state index in [0.29, 0.717) is 30.3 Å². The van der Waals surface area contributed by atoms with Gasteiger partial charge >= 0.3 is 0 Å². The first-order valence-corrected chi connectivity index (χ1v) is 10.2. The van der Waals surface area contributed by atoms with E-state index in [-0.39, 0.29) is 11.9 Å². The number of fused-ring (bicyclic) bond motifs is 1. The fourth-order valence-corrected chi connectivity index (χ4v) is 3.95. The van der Waals surface area contributed by atoms with E-state index >= 15 is 0 Å². The third-order valence-corrected chi connectivity index (χ3v) is 5.57. The van der Waals surface area contributed by atoms with Crippen molar-refractivity contribution in [1.82, 2.24) is 5.32 Å². The first-order valence-electron chi connectivity index (χ1n) is 10.2. The molecule has 0 bridgehead atoms. The topological polar surface area (TPSA) is 50.8 Å². The smallest absolute Gasteiger partial charge is 0.251 e. The summed E-state index contributed by atoms with van der Waals surface area (Å²) in [5, 5.41) is 3.08. The zero-order valence-corrected chi connectivity index (χ0v) is 16.6.